The van der Waals surface area contributed by atoms with Crippen molar-refractivity contribution >= 4 is 11.7 Å². The maximum absolute atomic E-state index is 6.18. The second-order valence-electron chi connectivity index (χ2n) is 5.77. The summed E-state index contributed by atoms with van der Waals surface area (Å²) in [6.07, 6.45) is 3.55. The lowest BCUT2D eigenvalue weighted by Gasteiger charge is -2.06. The SMILES string of the molecule is NC(c1ccccc1)c1nnc(Nc2ccc(-c3ccncc3)cc2)o1. The molecule has 6 heteroatoms. The van der Waals surface area contributed by atoms with Gasteiger partial charge in [-0.3, -0.25) is 4.98 Å². The Morgan fingerprint density at radius 3 is 2.23 bits per heavy atom. The van der Waals surface area contributed by atoms with Crippen LogP contribution >= 0.6 is 0 Å². The summed E-state index contributed by atoms with van der Waals surface area (Å²) in [5.41, 5.74) is 10.2. The van der Waals surface area contributed by atoms with Gasteiger partial charge in [-0.05, 0) is 41.0 Å². The Hall–Kier alpha value is -3.51. The summed E-state index contributed by atoms with van der Waals surface area (Å²) >= 11 is 0. The van der Waals surface area contributed by atoms with Crippen molar-refractivity contribution in [2.24, 2.45) is 5.73 Å². The fourth-order valence-corrected chi connectivity index (χ4v) is 2.63. The largest absolute Gasteiger partial charge is 0.406 e. The van der Waals surface area contributed by atoms with Crippen LogP contribution in [0.5, 0.6) is 0 Å². The molecule has 26 heavy (non-hydrogen) atoms. The number of anilines is 2. The van der Waals surface area contributed by atoms with Gasteiger partial charge in [-0.1, -0.05) is 47.6 Å². The molecule has 128 valence electrons. The molecule has 3 N–H and O–H groups in total. The third-order valence-electron chi connectivity index (χ3n) is 4.02. The van der Waals surface area contributed by atoms with Crippen LogP contribution in [0.15, 0.2) is 83.5 Å². The van der Waals surface area contributed by atoms with Gasteiger partial charge in [0.25, 0.3) is 0 Å². The highest BCUT2D eigenvalue weighted by atomic mass is 16.4. The van der Waals surface area contributed by atoms with Gasteiger partial charge in [0.05, 0.1) is 0 Å². The number of nitrogens with one attached hydrogen (secondary N) is 1. The zero-order valence-corrected chi connectivity index (χ0v) is 13.9. The summed E-state index contributed by atoms with van der Waals surface area (Å²) in [5, 5.41) is 11.2. The van der Waals surface area contributed by atoms with E-state index >= 15 is 0 Å². The highest BCUT2D eigenvalue weighted by Gasteiger charge is 2.16. The van der Waals surface area contributed by atoms with Crippen LogP contribution in [0.25, 0.3) is 11.1 Å². The third kappa shape index (κ3) is 3.45. The Kier molecular flexibility index (Phi) is 4.40. The minimum atomic E-state index is -0.451. The molecule has 0 bridgehead atoms. The van der Waals surface area contributed by atoms with E-state index < -0.39 is 6.04 Å². The molecule has 0 saturated carbocycles. The lowest BCUT2D eigenvalue weighted by molar-refractivity contribution is 0.486. The molecule has 4 rings (SSSR count). The van der Waals surface area contributed by atoms with E-state index in [4.69, 9.17) is 10.2 Å². The van der Waals surface area contributed by atoms with Gasteiger partial charge < -0.3 is 15.5 Å². The first-order valence-corrected chi connectivity index (χ1v) is 8.21. The van der Waals surface area contributed by atoms with Crippen LogP contribution in [-0.2, 0) is 0 Å². The average Bonchev–Trinajstić information content (AvgIpc) is 3.18. The average molecular weight is 343 g/mol. The number of nitrogens with two attached hydrogens (primary N) is 1. The van der Waals surface area contributed by atoms with Crippen molar-refractivity contribution in [3.05, 3.63) is 90.6 Å². The molecule has 0 aliphatic rings. The normalized spacial score (nSPS) is 11.9. The van der Waals surface area contributed by atoms with E-state index in [-0.39, 0.29) is 0 Å². The van der Waals surface area contributed by atoms with Crippen molar-refractivity contribution in [3.8, 4) is 11.1 Å². The molecule has 0 radical (unpaired) electrons. The third-order valence-corrected chi connectivity index (χ3v) is 4.02. The van der Waals surface area contributed by atoms with E-state index in [0.717, 1.165) is 22.4 Å². The Morgan fingerprint density at radius 2 is 1.50 bits per heavy atom. The zero-order valence-electron chi connectivity index (χ0n) is 13.9. The maximum Gasteiger partial charge on any atom is 0.320 e. The van der Waals surface area contributed by atoms with Crippen LogP contribution in [0.4, 0.5) is 11.7 Å². The number of hydrogen-bond donors (Lipinski definition) is 2. The molecule has 1 unspecified atom stereocenters. The summed E-state index contributed by atoms with van der Waals surface area (Å²) in [7, 11) is 0. The van der Waals surface area contributed by atoms with E-state index in [1.54, 1.807) is 12.4 Å². The molecule has 2 aromatic heterocycles. The number of pyridine rings is 1. The molecular weight excluding hydrogens is 326 g/mol. The quantitative estimate of drug-likeness (QED) is 0.571. The molecule has 2 heterocycles. The van der Waals surface area contributed by atoms with E-state index in [1.807, 2.05) is 66.7 Å². The first-order valence-electron chi connectivity index (χ1n) is 8.21. The van der Waals surface area contributed by atoms with Crippen molar-refractivity contribution in [1.82, 2.24) is 15.2 Å². The summed E-state index contributed by atoms with van der Waals surface area (Å²) < 4.78 is 5.65. The molecule has 2 aromatic carbocycles. The summed E-state index contributed by atoms with van der Waals surface area (Å²) in [5.74, 6) is 0.368. The number of aromatic nitrogens is 3. The van der Waals surface area contributed by atoms with Gasteiger partial charge in [-0.15, -0.1) is 5.10 Å². The molecule has 0 aliphatic carbocycles. The Labute approximate surface area is 150 Å². The summed E-state index contributed by atoms with van der Waals surface area (Å²) in [6, 6.07) is 21.4. The molecule has 4 aromatic rings. The van der Waals surface area contributed by atoms with Crippen molar-refractivity contribution in [1.29, 1.82) is 0 Å². The number of hydrogen-bond acceptors (Lipinski definition) is 6. The minimum Gasteiger partial charge on any atom is -0.406 e. The minimum absolute atomic E-state index is 0.308. The van der Waals surface area contributed by atoms with Gasteiger partial charge in [-0.2, -0.15) is 0 Å². The molecule has 0 spiro atoms. The van der Waals surface area contributed by atoms with Crippen LogP contribution in [0.2, 0.25) is 0 Å². The molecular formula is C20H17N5O. The summed E-state index contributed by atoms with van der Waals surface area (Å²) in [6.45, 7) is 0. The van der Waals surface area contributed by atoms with Crippen LogP contribution in [-0.4, -0.2) is 15.2 Å². The molecule has 0 saturated heterocycles. The second-order valence-corrected chi connectivity index (χ2v) is 5.77. The molecule has 0 aliphatic heterocycles. The van der Waals surface area contributed by atoms with E-state index in [0.29, 0.717) is 11.9 Å². The first kappa shape index (κ1) is 16.0. The van der Waals surface area contributed by atoms with Crippen molar-refractivity contribution in [2.45, 2.75) is 6.04 Å². The van der Waals surface area contributed by atoms with Crippen molar-refractivity contribution in [3.63, 3.8) is 0 Å². The van der Waals surface area contributed by atoms with Gasteiger partial charge in [0.1, 0.15) is 6.04 Å². The number of benzene rings is 2. The Morgan fingerprint density at radius 1 is 0.808 bits per heavy atom. The van der Waals surface area contributed by atoms with Crippen LogP contribution in [0.3, 0.4) is 0 Å². The van der Waals surface area contributed by atoms with Crippen molar-refractivity contribution < 1.29 is 4.42 Å². The summed E-state index contributed by atoms with van der Waals surface area (Å²) in [4.78, 5) is 4.03. The van der Waals surface area contributed by atoms with E-state index in [2.05, 4.69) is 20.5 Å². The predicted molar refractivity (Wildman–Crippen MR) is 99.7 cm³/mol. The zero-order chi connectivity index (χ0) is 17.8. The number of rotatable bonds is 5. The van der Waals surface area contributed by atoms with Gasteiger partial charge in [0, 0.05) is 18.1 Å². The van der Waals surface area contributed by atoms with E-state index in [9.17, 15) is 0 Å². The van der Waals surface area contributed by atoms with Gasteiger partial charge >= 0.3 is 6.01 Å². The highest BCUT2D eigenvalue weighted by molar-refractivity contribution is 5.66. The lowest BCUT2D eigenvalue weighted by atomic mass is 10.1. The van der Waals surface area contributed by atoms with Crippen LogP contribution in [0, 0.1) is 0 Å². The molecule has 0 fully saturated rings. The van der Waals surface area contributed by atoms with Gasteiger partial charge in [0.15, 0.2) is 0 Å². The van der Waals surface area contributed by atoms with Gasteiger partial charge in [0.2, 0.25) is 5.89 Å². The smallest absolute Gasteiger partial charge is 0.320 e. The van der Waals surface area contributed by atoms with Crippen LogP contribution in [0.1, 0.15) is 17.5 Å². The fourth-order valence-electron chi connectivity index (χ4n) is 2.63. The molecule has 1 atom stereocenters. The topological polar surface area (TPSA) is 89.9 Å². The number of nitrogens with zero attached hydrogens (tertiary/aromatic N) is 3. The van der Waals surface area contributed by atoms with Crippen LogP contribution < -0.4 is 11.1 Å². The van der Waals surface area contributed by atoms with Gasteiger partial charge in [-0.25, -0.2) is 0 Å². The lowest BCUT2D eigenvalue weighted by Crippen LogP contribution is -2.11. The highest BCUT2D eigenvalue weighted by Crippen LogP contribution is 2.24. The molecule has 0 amide bonds. The predicted octanol–water partition coefficient (Wildman–Crippen LogP) is 3.92. The molecule has 6 nitrogen and oxygen atoms in total. The second kappa shape index (κ2) is 7.16. The first-order chi connectivity index (χ1) is 12.8. The monoisotopic (exact) mass is 343 g/mol. The fraction of sp³-hybridized carbons (Fsp3) is 0.0500. The Bertz CT molecular complexity index is 968. The standard InChI is InChI=1S/C20H17N5O/c21-18(16-4-2-1-3-5-16)19-24-25-20(26-19)23-17-8-6-14(7-9-17)15-10-12-22-13-11-15/h1-13,18H,21H2,(H,23,25). The maximum atomic E-state index is 6.18. The van der Waals surface area contributed by atoms with E-state index in [1.165, 1.54) is 0 Å². The van der Waals surface area contributed by atoms with Crippen molar-refractivity contribution in [2.75, 3.05) is 5.32 Å². The Balaban J connectivity index is 1.47.